The normalized spacial score (nSPS) is 12.6. The van der Waals surface area contributed by atoms with Gasteiger partial charge in [0.25, 0.3) is 0 Å². The van der Waals surface area contributed by atoms with Gasteiger partial charge >= 0.3 is 0 Å². The van der Waals surface area contributed by atoms with Crippen molar-refractivity contribution in [2.24, 2.45) is 0 Å². The predicted octanol–water partition coefficient (Wildman–Crippen LogP) is 4.94. The van der Waals surface area contributed by atoms with Crippen molar-refractivity contribution < 1.29 is 4.39 Å². The summed E-state index contributed by atoms with van der Waals surface area (Å²) in [6.45, 7) is 7.21. The highest BCUT2D eigenvalue weighted by Gasteiger charge is 2.18. The maximum absolute atomic E-state index is 13.4. The van der Waals surface area contributed by atoms with E-state index in [0.717, 1.165) is 35.7 Å². The van der Waals surface area contributed by atoms with E-state index in [1.54, 1.807) is 11.3 Å². The Kier molecular flexibility index (Phi) is 5.90. The summed E-state index contributed by atoms with van der Waals surface area (Å²) in [5.74, 6) is -0.221. The molecule has 0 amide bonds. The van der Waals surface area contributed by atoms with Crippen LogP contribution in [-0.2, 0) is 6.42 Å². The SMILES string of the molecule is CCCNC(Cc1ccc(F)c(Br)c1)c1sc(C)nc1C. The number of rotatable bonds is 6. The van der Waals surface area contributed by atoms with E-state index in [2.05, 4.69) is 40.1 Å². The summed E-state index contributed by atoms with van der Waals surface area (Å²) in [6.07, 6.45) is 1.92. The Morgan fingerprint density at radius 2 is 2.14 bits per heavy atom. The Balaban J connectivity index is 2.23. The third-order valence-electron chi connectivity index (χ3n) is 3.32. The Morgan fingerprint density at radius 3 is 2.71 bits per heavy atom. The van der Waals surface area contributed by atoms with Crippen molar-refractivity contribution in [3.63, 3.8) is 0 Å². The van der Waals surface area contributed by atoms with Gasteiger partial charge in [-0.1, -0.05) is 13.0 Å². The predicted molar refractivity (Wildman–Crippen MR) is 90.4 cm³/mol. The van der Waals surface area contributed by atoms with Gasteiger partial charge in [-0.3, -0.25) is 0 Å². The number of benzene rings is 1. The molecule has 0 fully saturated rings. The average Bonchev–Trinajstić information content (AvgIpc) is 2.77. The van der Waals surface area contributed by atoms with E-state index in [-0.39, 0.29) is 11.9 Å². The van der Waals surface area contributed by atoms with Crippen LogP contribution in [0.4, 0.5) is 4.39 Å². The summed E-state index contributed by atoms with van der Waals surface area (Å²) < 4.78 is 13.9. The highest BCUT2D eigenvalue weighted by atomic mass is 79.9. The Hall–Kier alpha value is -0.780. The third-order valence-corrected chi connectivity index (χ3v) is 5.11. The van der Waals surface area contributed by atoms with E-state index < -0.39 is 0 Å². The van der Waals surface area contributed by atoms with E-state index in [0.29, 0.717) is 4.47 Å². The number of hydrogen-bond acceptors (Lipinski definition) is 3. The van der Waals surface area contributed by atoms with Gasteiger partial charge in [-0.05, 0) is 66.9 Å². The molecule has 1 atom stereocenters. The molecule has 5 heteroatoms. The molecule has 21 heavy (non-hydrogen) atoms. The number of nitrogens with one attached hydrogen (secondary N) is 1. The molecule has 0 aliphatic rings. The fraction of sp³-hybridized carbons (Fsp3) is 0.438. The highest BCUT2D eigenvalue weighted by molar-refractivity contribution is 9.10. The molecular weight excluding hydrogens is 351 g/mol. The molecule has 1 aromatic heterocycles. The zero-order valence-corrected chi connectivity index (χ0v) is 14.9. The monoisotopic (exact) mass is 370 g/mol. The fourth-order valence-corrected chi connectivity index (χ4v) is 3.78. The second kappa shape index (κ2) is 7.47. The van der Waals surface area contributed by atoms with Crippen LogP contribution < -0.4 is 5.32 Å². The molecule has 2 nitrogen and oxygen atoms in total. The standard InChI is InChI=1S/C16H20BrFN2S/c1-4-7-19-15(16-10(2)20-11(3)21-16)9-12-5-6-14(18)13(17)8-12/h5-6,8,15,19H,4,7,9H2,1-3H3. The zero-order chi connectivity index (χ0) is 15.4. The minimum absolute atomic E-state index is 0.221. The van der Waals surface area contributed by atoms with Crippen LogP contribution in [0.1, 0.15) is 40.5 Å². The van der Waals surface area contributed by atoms with E-state index in [4.69, 9.17) is 0 Å². The zero-order valence-electron chi connectivity index (χ0n) is 12.5. The van der Waals surface area contributed by atoms with Crippen molar-refractivity contribution in [1.29, 1.82) is 0 Å². The number of hydrogen-bond donors (Lipinski definition) is 1. The van der Waals surface area contributed by atoms with Gasteiger partial charge in [-0.25, -0.2) is 9.37 Å². The molecule has 1 aromatic carbocycles. The van der Waals surface area contributed by atoms with E-state index in [9.17, 15) is 4.39 Å². The maximum atomic E-state index is 13.4. The first-order valence-corrected chi connectivity index (χ1v) is 8.73. The minimum Gasteiger partial charge on any atom is -0.309 e. The lowest BCUT2D eigenvalue weighted by Gasteiger charge is -2.18. The van der Waals surface area contributed by atoms with Crippen molar-refractivity contribution in [2.45, 2.75) is 39.7 Å². The van der Waals surface area contributed by atoms with Gasteiger partial charge in [-0.2, -0.15) is 0 Å². The summed E-state index contributed by atoms with van der Waals surface area (Å²) in [5.41, 5.74) is 2.20. The highest BCUT2D eigenvalue weighted by Crippen LogP contribution is 2.28. The lowest BCUT2D eigenvalue weighted by Crippen LogP contribution is -2.24. The minimum atomic E-state index is -0.221. The number of nitrogens with zero attached hydrogens (tertiary/aromatic N) is 1. The fourth-order valence-electron chi connectivity index (χ4n) is 2.35. The van der Waals surface area contributed by atoms with Crippen molar-refractivity contribution in [3.05, 3.63) is 49.6 Å². The number of aryl methyl sites for hydroxylation is 2. The molecule has 1 N–H and O–H groups in total. The Labute approximate surface area is 137 Å². The molecule has 1 unspecified atom stereocenters. The van der Waals surface area contributed by atoms with Crippen molar-refractivity contribution in [2.75, 3.05) is 6.54 Å². The van der Waals surface area contributed by atoms with Crippen LogP contribution in [0.5, 0.6) is 0 Å². The van der Waals surface area contributed by atoms with Crippen molar-refractivity contribution in [3.8, 4) is 0 Å². The van der Waals surface area contributed by atoms with Gasteiger partial charge in [0.05, 0.1) is 15.2 Å². The molecule has 114 valence electrons. The van der Waals surface area contributed by atoms with Crippen LogP contribution in [0.2, 0.25) is 0 Å². The topological polar surface area (TPSA) is 24.9 Å². The van der Waals surface area contributed by atoms with Crippen LogP contribution >= 0.6 is 27.3 Å². The molecule has 2 rings (SSSR count). The molecule has 0 bridgehead atoms. The van der Waals surface area contributed by atoms with Crippen LogP contribution in [0.15, 0.2) is 22.7 Å². The Morgan fingerprint density at radius 1 is 1.38 bits per heavy atom. The molecule has 0 aliphatic carbocycles. The smallest absolute Gasteiger partial charge is 0.137 e. The molecule has 2 aromatic rings. The van der Waals surface area contributed by atoms with Crippen LogP contribution in [0, 0.1) is 19.7 Å². The summed E-state index contributed by atoms with van der Waals surface area (Å²) >= 11 is 5.00. The lowest BCUT2D eigenvalue weighted by molar-refractivity contribution is 0.532. The van der Waals surface area contributed by atoms with E-state index in [1.807, 2.05) is 19.1 Å². The molecule has 0 radical (unpaired) electrons. The van der Waals surface area contributed by atoms with Gasteiger partial charge in [0, 0.05) is 10.9 Å². The summed E-state index contributed by atoms with van der Waals surface area (Å²) in [5, 5.41) is 4.67. The Bertz CT molecular complexity index is 612. The first-order valence-electron chi connectivity index (χ1n) is 7.12. The molecular formula is C16H20BrFN2S. The first kappa shape index (κ1) is 16.6. The number of aromatic nitrogens is 1. The maximum Gasteiger partial charge on any atom is 0.137 e. The average molecular weight is 371 g/mol. The molecule has 0 aliphatic heterocycles. The second-order valence-corrected chi connectivity index (χ2v) is 7.23. The van der Waals surface area contributed by atoms with E-state index >= 15 is 0 Å². The molecule has 0 saturated heterocycles. The molecule has 1 heterocycles. The van der Waals surface area contributed by atoms with Gasteiger partial charge in [0.2, 0.25) is 0 Å². The molecule has 0 spiro atoms. The van der Waals surface area contributed by atoms with Crippen molar-refractivity contribution in [1.82, 2.24) is 10.3 Å². The van der Waals surface area contributed by atoms with Gasteiger partial charge in [-0.15, -0.1) is 11.3 Å². The quantitative estimate of drug-likeness (QED) is 0.778. The van der Waals surface area contributed by atoms with Crippen molar-refractivity contribution >= 4 is 27.3 Å². The second-order valence-electron chi connectivity index (χ2n) is 5.14. The van der Waals surface area contributed by atoms with Gasteiger partial charge < -0.3 is 5.32 Å². The summed E-state index contributed by atoms with van der Waals surface area (Å²) in [7, 11) is 0. The third kappa shape index (κ3) is 4.34. The van der Waals surface area contributed by atoms with E-state index in [1.165, 1.54) is 10.9 Å². The van der Waals surface area contributed by atoms with Gasteiger partial charge in [0.1, 0.15) is 5.82 Å². The first-order chi connectivity index (χ1) is 10.0. The summed E-state index contributed by atoms with van der Waals surface area (Å²) in [4.78, 5) is 5.80. The number of halogens is 2. The van der Waals surface area contributed by atoms with Crippen LogP contribution in [-0.4, -0.2) is 11.5 Å². The van der Waals surface area contributed by atoms with Crippen LogP contribution in [0.3, 0.4) is 0 Å². The lowest BCUT2D eigenvalue weighted by atomic mass is 10.0. The number of thiazole rings is 1. The largest absolute Gasteiger partial charge is 0.309 e. The van der Waals surface area contributed by atoms with Gasteiger partial charge in [0.15, 0.2) is 0 Å². The molecule has 0 saturated carbocycles. The summed E-state index contributed by atoms with van der Waals surface area (Å²) in [6, 6.07) is 5.46. The van der Waals surface area contributed by atoms with Crippen LogP contribution in [0.25, 0.3) is 0 Å².